The third kappa shape index (κ3) is 3.45. The standard InChI is InChI=1S/C10H14Br2N2O/c11-7-4-6(5-8(12)10(7)15)9(14)2-1-3-13/h4-5,9,15H,1-3,13-14H2/t9-/m0/s1. The average molecular weight is 338 g/mol. The van der Waals surface area contributed by atoms with E-state index in [9.17, 15) is 5.11 Å². The van der Waals surface area contributed by atoms with Crippen molar-refractivity contribution in [2.24, 2.45) is 11.5 Å². The van der Waals surface area contributed by atoms with Gasteiger partial charge in [-0.25, -0.2) is 0 Å². The normalized spacial score (nSPS) is 12.8. The molecular formula is C10H14Br2N2O. The highest BCUT2D eigenvalue weighted by molar-refractivity contribution is 9.11. The molecule has 1 aromatic rings. The summed E-state index contributed by atoms with van der Waals surface area (Å²) in [4.78, 5) is 0. The molecule has 0 aliphatic rings. The number of phenolic OH excluding ortho intramolecular Hbond substituents is 1. The molecule has 84 valence electrons. The number of hydrogen-bond donors (Lipinski definition) is 3. The summed E-state index contributed by atoms with van der Waals surface area (Å²) in [6.45, 7) is 0.647. The Hall–Kier alpha value is -0.100. The molecular weight excluding hydrogens is 324 g/mol. The van der Waals surface area contributed by atoms with E-state index in [1.54, 1.807) is 0 Å². The molecule has 0 aliphatic carbocycles. The van der Waals surface area contributed by atoms with Crippen LogP contribution in [0.5, 0.6) is 5.75 Å². The second-order valence-corrected chi connectivity index (χ2v) is 5.08. The zero-order chi connectivity index (χ0) is 11.4. The third-order valence-electron chi connectivity index (χ3n) is 2.19. The van der Waals surface area contributed by atoms with Gasteiger partial charge in [0.25, 0.3) is 0 Å². The van der Waals surface area contributed by atoms with Crippen molar-refractivity contribution >= 4 is 31.9 Å². The van der Waals surface area contributed by atoms with Crippen molar-refractivity contribution in [1.29, 1.82) is 0 Å². The van der Waals surface area contributed by atoms with Gasteiger partial charge in [0, 0.05) is 6.04 Å². The lowest BCUT2D eigenvalue weighted by Crippen LogP contribution is -2.12. The summed E-state index contributed by atoms with van der Waals surface area (Å²) in [7, 11) is 0. The fourth-order valence-corrected chi connectivity index (χ4v) is 2.53. The maximum atomic E-state index is 9.53. The van der Waals surface area contributed by atoms with Gasteiger partial charge in [-0.3, -0.25) is 0 Å². The van der Waals surface area contributed by atoms with Crippen LogP contribution in [0.4, 0.5) is 0 Å². The van der Waals surface area contributed by atoms with Gasteiger partial charge in [0.1, 0.15) is 5.75 Å². The van der Waals surface area contributed by atoms with Gasteiger partial charge in [0.2, 0.25) is 0 Å². The largest absolute Gasteiger partial charge is 0.506 e. The van der Waals surface area contributed by atoms with Crippen LogP contribution in [0.3, 0.4) is 0 Å². The molecule has 0 radical (unpaired) electrons. The number of rotatable bonds is 4. The lowest BCUT2D eigenvalue weighted by molar-refractivity contribution is 0.467. The predicted molar refractivity (Wildman–Crippen MR) is 68.7 cm³/mol. The van der Waals surface area contributed by atoms with Crippen LogP contribution in [0, 0.1) is 0 Å². The summed E-state index contributed by atoms with van der Waals surface area (Å²) in [5, 5.41) is 9.53. The molecule has 0 fully saturated rings. The molecule has 1 atom stereocenters. The molecule has 15 heavy (non-hydrogen) atoms. The van der Waals surface area contributed by atoms with Crippen LogP contribution in [0.2, 0.25) is 0 Å². The number of phenols is 1. The van der Waals surface area contributed by atoms with Gasteiger partial charge in [0.05, 0.1) is 8.95 Å². The van der Waals surface area contributed by atoms with Gasteiger partial charge in [-0.2, -0.15) is 0 Å². The Morgan fingerprint density at radius 1 is 1.27 bits per heavy atom. The molecule has 0 amide bonds. The lowest BCUT2D eigenvalue weighted by atomic mass is 10.0. The molecule has 0 aromatic heterocycles. The van der Waals surface area contributed by atoms with Crippen molar-refractivity contribution in [2.75, 3.05) is 6.54 Å². The molecule has 0 heterocycles. The fourth-order valence-electron chi connectivity index (χ4n) is 1.30. The van der Waals surface area contributed by atoms with Crippen molar-refractivity contribution in [2.45, 2.75) is 18.9 Å². The van der Waals surface area contributed by atoms with Crippen LogP contribution in [0.1, 0.15) is 24.4 Å². The molecule has 3 nitrogen and oxygen atoms in total. The maximum absolute atomic E-state index is 9.53. The number of aromatic hydroxyl groups is 1. The molecule has 5 heteroatoms. The average Bonchev–Trinajstić information content (AvgIpc) is 2.21. The van der Waals surface area contributed by atoms with Crippen molar-refractivity contribution in [3.63, 3.8) is 0 Å². The zero-order valence-electron chi connectivity index (χ0n) is 8.21. The summed E-state index contributed by atoms with van der Waals surface area (Å²) < 4.78 is 1.30. The Morgan fingerprint density at radius 3 is 2.27 bits per heavy atom. The SMILES string of the molecule is NCCC[C@H](N)c1cc(Br)c(O)c(Br)c1. The first-order valence-corrected chi connectivity index (χ1v) is 6.28. The van der Waals surface area contributed by atoms with Crippen LogP contribution in [-0.4, -0.2) is 11.7 Å². The van der Waals surface area contributed by atoms with E-state index in [1.165, 1.54) is 0 Å². The minimum atomic E-state index is -0.0400. The number of benzene rings is 1. The molecule has 1 rings (SSSR count). The minimum absolute atomic E-state index is 0.0400. The molecule has 0 saturated heterocycles. The van der Waals surface area contributed by atoms with Crippen LogP contribution in [-0.2, 0) is 0 Å². The van der Waals surface area contributed by atoms with E-state index in [0.717, 1.165) is 18.4 Å². The zero-order valence-corrected chi connectivity index (χ0v) is 11.4. The summed E-state index contributed by atoms with van der Waals surface area (Å²) in [5.74, 6) is 0.199. The monoisotopic (exact) mass is 336 g/mol. The number of nitrogens with two attached hydrogens (primary N) is 2. The van der Waals surface area contributed by atoms with Crippen molar-refractivity contribution in [3.05, 3.63) is 26.6 Å². The van der Waals surface area contributed by atoms with Crippen LogP contribution in [0.15, 0.2) is 21.1 Å². The van der Waals surface area contributed by atoms with Gasteiger partial charge >= 0.3 is 0 Å². The summed E-state index contributed by atoms with van der Waals surface area (Å²) in [6, 6.07) is 3.63. The van der Waals surface area contributed by atoms with Crippen LogP contribution in [0.25, 0.3) is 0 Å². The highest BCUT2D eigenvalue weighted by Gasteiger charge is 2.11. The fraction of sp³-hybridized carbons (Fsp3) is 0.400. The van der Waals surface area contributed by atoms with E-state index in [-0.39, 0.29) is 11.8 Å². The minimum Gasteiger partial charge on any atom is -0.506 e. The molecule has 5 N–H and O–H groups in total. The Balaban J connectivity index is 2.86. The number of halogens is 2. The van der Waals surface area contributed by atoms with Gasteiger partial charge in [0.15, 0.2) is 0 Å². The van der Waals surface area contributed by atoms with Crippen molar-refractivity contribution in [1.82, 2.24) is 0 Å². The topological polar surface area (TPSA) is 72.3 Å². The first-order chi connectivity index (χ1) is 7.06. The van der Waals surface area contributed by atoms with Gasteiger partial charge in [-0.1, -0.05) is 0 Å². The van der Waals surface area contributed by atoms with E-state index in [0.29, 0.717) is 15.5 Å². The van der Waals surface area contributed by atoms with Gasteiger partial charge < -0.3 is 16.6 Å². The molecule has 0 unspecified atom stereocenters. The second kappa shape index (κ2) is 5.84. The summed E-state index contributed by atoms with van der Waals surface area (Å²) in [6.07, 6.45) is 1.75. The third-order valence-corrected chi connectivity index (χ3v) is 3.40. The first-order valence-electron chi connectivity index (χ1n) is 4.69. The lowest BCUT2D eigenvalue weighted by Gasteiger charge is -2.13. The molecule has 0 bridgehead atoms. The predicted octanol–water partition coefficient (Wildman–Crippen LogP) is 2.66. The molecule has 0 saturated carbocycles. The summed E-state index contributed by atoms with van der Waals surface area (Å²) >= 11 is 6.55. The van der Waals surface area contributed by atoms with Crippen molar-refractivity contribution < 1.29 is 5.11 Å². The molecule has 0 spiro atoms. The Kier molecular flexibility index (Phi) is 5.05. The molecule has 1 aromatic carbocycles. The highest BCUT2D eigenvalue weighted by Crippen LogP contribution is 2.35. The highest BCUT2D eigenvalue weighted by atomic mass is 79.9. The van der Waals surface area contributed by atoms with Gasteiger partial charge in [-0.15, -0.1) is 0 Å². The van der Waals surface area contributed by atoms with Gasteiger partial charge in [-0.05, 0) is 68.9 Å². The van der Waals surface area contributed by atoms with Crippen LogP contribution < -0.4 is 11.5 Å². The smallest absolute Gasteiger partial charge is 0.143 e. The summed E-state index contributed by atoms with van der Waals surface area (Å²) in [5.41, 5.74) is 12.4. The maximum Gasteiger partial charge on any atom is 0.143 e. The second-order valence-electron chi connectivity index (χ2n) is 3.37. The van der Waals surface area contributed by atoms with Crippen molar-refractivity contribution in [3.8, 4) is 5.75 Å². The molecule has 0 aliphatic heterocycles. The number of hydrogen-bond acceptors (Lipinski definition) is 3. The van der Waals surface area contributed by atoms with E-state index in [2.05, 4.69) is 31.9 Å². The Morgan fingerprint density at radius 2 is 1.80 bits per heavy atom. The van der Waals surface area contributed by atoms with E-state index >= 15 is 0 Å². The van der Waals surface area contributed by atoms with E-state index < -0.39 is 0 Å². The van der Waals surface area contributed by atoms with E-state index in [4.69, 9.17) is 11.5 Å². The Labute approximate surface area is 106 Å². The van der Waals surface area contributed by atoms with Crippen LogP contribution >= 0.6 is 31.9 Å². The Bertz CT molecular complexity index is 321. The quantitative estimate of drug-likeness (QED) is 0.790. The van der Waals surface area contributed by atoms with E-state index in [1.807, 2.05) is 12.1 Å². The first kappa shape index (κ1) is 13.0.